The van der Waals surface area contributed by atoms with E-state index in [0.29, 0.717) is 31.0 Å². The van der Waals surface area contributed by atoms with E-state index in [4.69, 9.17) is 8.85 Å². The van der Waals surface area contributed by atoms with Gasteiger partial charge in [0.25, 0.3) is 8.32 Å². The SMILES string of the molecule is CC(C)Cc1cc(C(=O)CCO[Si](C)(C)C(C)(C)C)c(O)c(C=O)c1O[Si](C)(C)C(C)(C)C. The molecule has 33 heavy (non-hydrogen) atoms. The maximum Gasteiger partial charge on any atom is 0.250 e. The van der Waals surface area contributed by atoms with Gasteiger partial charge in [0.15, 0.2) is 20.4 Å². The summed E-state index contributed by atoms with van der Waals surface area (Å²) < 4.78 is 12.7. The molecule has 1 N–H and O–H groups in total. The first-order valence-electron chi connectivity index (χ1n) is 12.0. The first-order valence-corrected chi connectivity index (χ1v) is 17.8. The predicted molar refractivity (Wildman–Crippen MR) is 142 cm³/mol. The van der Waals surface area contributed by atoms with E-state index in [1.165, 1.54) is 0 Å². The van der Waals surface area contributed by atoms with Gasteiger partial charge in [0.05, 0.1) is 11.1 Å². The number of carbonyl (C=O) groups is 2. The highest BCUT2D eigenvalue weighted by Crippen LogP contribution is 2.43. The third-order valence-electron chi connectivity index (χ3n) is 7.17. The predicted octanol–water partition coefficient (Wildman–Crippen LogP) is 7.38. The summed E-state index contributed by atoms with van der Waals surface area (Å²) >= 11 is 0. The van der Waals surface area contributed by atoms with Crippen LogP contribution in [0.15, 0.2) is 6.07 Å². The zero-order valence-corrected chi connectivity index (χ0v) is 24.9. The minimum absolute atomic E-state index is 0.0516. The second kappa shape index (κ2) is 10.4. The highest BCUT2D eigenvalue weighted by atomic mass is 28.4. The van der Waals surface area contributed by atoms with E-state index < -0.39 is 16.6 Å². The third kappa shape index (κ3) is 7.27. The Morgan fingerprint density at radius 2 is 1.55 bits per heavy atom. The molecule has 0 heterocycles. The van der Waals surface area contributed by atoms with Crippen LogP contribution in [0.2, 0.25) is 36.3 Å². The lowest BCUT2D eigenvalue weighted by Gasteiger charge is -2.37. The molecule has 0 saturated heterocycles. The Hall–Kier alpha value is -1.45. The molecule has 0 saturated carbocycles. The van der Waals surface area contributed by atoms with Crippen LogP contribution in [0.1, 0.15) is 88.1 Å². The summed E-state index contributed by atoms with van der Waals surface area (Å²) in [5, 5.41) is 10.9. The van der Waals surface area contributed by atoms with Crippen LogP contribution in [0.4, 0.5) is 0 Å². The smallest absolute Gasteiger partial charge is 0.250 e. The number of aldehydes is 1. The van der Waals surface area contributed by atoms with Crippen molar-refractivity contribution in [3.63, 3.8) is 0 Å². The number of phenolic OH excluding ortho intramolecular Hbond substituents is 1. The molecule has 5 nitrogen and oxygen atoms in total. The van der Waals surface area contributed by atoms with Gasteiger partial charge in [-0.15, -0.1) is 0 Å². The number of hydrogen-bond acceptors (Lipinski definition) is 5. The Bertz CT molecular complexity index is 859. The fraction of sp³-hybridized carbons (Fsp3) is 0.692. The van der Waals surface area contributed by atoms with Gasteiger partial charge in [0.1, 0.15) is 11.5 Å². The van der Waals surface area contributed by atoms with Gasteiger partial charge < -0.3 is 14.0 Å². The molecule has 0 bridgehead atoms. The molecule has 0 aromatic heterocycles. The first-order chi connectivity index (χ1) is 14.7. The molecule has 7 heteroatoms. The molecule has 0 atom stereocenters. The fourth-order valence-corrected chi connectivity index (χ4v) is 5.03. The van der Waals surface area contributed by atoms with Crippen LogP contribution >= 0.6 is 0 Å². The lowest BCUT2D eigenvalue weighted by atomic mass is 9.94. The molecule has 0 aliphatic heterocycles. The van der Waals surface area contributed by atoms with Crippen molar-refractivity contribution in [2.24, 2.45) is 5.92 Å². The number of rotatable bonds is 10. The lowest BCUT2D eigenvalue weighted by Crippen LogP contribution is -2.44. The van der Waals surface area contributed by atoms with Crippen LogP contribution in [-0.2, 0) is 10.8 Å². The summed E-state index contributed by atoms with van der Waals surface area (Å²) in [4.78, 5) is 25.2. The van der Waals surface area contributed by atoms with Crippen LogP contribution in [0.5, 0.6) is 11.5 Å². The molecule has 0 fully saturated rings. The van der Waals surface area contributed by atoms with Crippen LogP contribution in [0, 0.1) is 5.92 Å². The summed E-state index contributed by atoms with van der Waals surface area (Å²) in [5.74, 6) is 0.208. The van der Waals surface area contributed by atoms with Gasteiger partial charge in [-0.05, 0) is 60.2 Å². The molecule has 1 aromatic carbocycles. The Morgan fingerprint density at radius 3 is 1.97 bits per heavy atom. The molecule has 0 aliphatic rings. The number of hydrogen-bond donors (Lipinski definition) is 1. The monoisotopic (exact) mass is 494 g/mol. The van der Waals surface area contributed by atoms with Crippen molar-refractivity contribution in [2.75, 3.05) is 6.61 Å². The van der Waals surface area contributed by atoms with Crippen LogP contribution in [0.25, 0.3) is 0 Å². The summed E-state index contributed by atoms with van der Waals surface area (Å²) in [5.41, 5.74) is 1.05. The van der Waals surface area contributed by atoms with Gasteiger partial charge in [0, 0.05) is 13.0 Å². The van der Waals surface area contributed by atoms with Gasteiger partial charge in [-0.2, -0.15) is 0 Å². The molecule has 0 spiro atoms. The Balaban J connectivity index is 3.39. The Kier molecular flexibility index (Phi) is 9.36. The minimum Gasteiger partial charge on any atom is -0.543 e. The second-order valence-electron chi connectivity index (χ2n) is 12.5. The zero-order chi connectivity index (χ0) is 26.0. The van der Waals surface area contributed by atoms with Crippen molar-refractivity contribution < 1.29 is 23.5 Å². The number of benzene rings is 1. The molecule has 188 valence electrons. The molecule has 1 rings (SSSR count). The largest absolute Gasteiger partial charge is 0.543 e. The highest BCUT2D eigenvalue weighted by molar-refractivity contribution is 6.75. The average molecular weight is 495 g/mol. The average Bonchev–Trinajstić information content (AvgIpc) is 2.61. The molecule has 1 aromatic rings. The quantitative estimate of drug-likeness (QED) is 0.209. The van der Waals surface area contributed by atoms with Crippen molar-refractivity contribution in [3.05, 3.63) is 22.8 Å². The summed E-state index contributed by atoms with van der Waals surface area (Å²) in [7, 11) is -4.25. The molecular weight excluding hydrogens is 448 g/mol. The summed E-state index contributed by atoms with van der Waals surface area (Å²) in [6, 6.07) is 1.72. The third-order valence-corrected chi connectivity index (χ3v) is 16.0. The molecule has 0 radical (unpaired) electrons. The van der Waals surface area contributed by atoms with Gasteiger partial charge in [-0.25, -0.2) is 0 Å². The van der Waals surface area contributed by atoms with E-state index in [1.54, 1.807) is 6.07 Å². The lowest BCUT2D eigenvalue weighted by molar-refractivity contribution is 0.0956. The molecule has 0 unspecified atom stereocenters. The highest BCUT2D eigenvalue weighted by Gasteiger charge is 2.41. The van der Waals surface area contributed by atoms with Gasteiger partial charge in [0.2, 0.25) is 0 Å². The number of aromatic hydroxyl groups is 1. The van der Waals surface area contributed by atoms with Gasteiger partial charge in [-0.1, -0.05) is 55.4 Å². The van der Waals surface area contributed by atoms with Gasteiger partial charge in [-0.3, -0.25) is 9.59 Å². The van der Waals surface area contributed by atoms with E-state index in [9.17, 15) is 14.7 Å². The molecule has 0 amide bonds. The number of Topliss-reactive ketones (excluding diaryl/α,β-unsaturated/α-hetero) is 1. The molecule has 0 aliphatic carbocycles. The van der Waals surface area contributed by atoms with E-state index in [0.717, 1.165) is 5.56 Å². The maximum absolute atomic E-state index is 13.1. The topological polar surface area (TPSA) is 72.8 Å². The Morgan fingerprint density at radius 1 is 1.03 bits per heavy atom. The van der Waals surface area contributed by atoms with E-state index in [2.05, 4.69) is 81.6 Å². The van der Waals surface area contributed by atoms with Crippen LogP contribution in [-0.4, -0.2) is 40.4 Å². The number of ketones is 1. The normalized spacial score (nSPS) is 13.4. The zero-order valence-electron chi connectivity index (χ0n) is 22.9. The summed E-state index contributed by atoms with van der Waals surface area (Å²) in [6.07, 6.45) is 1.41. The molecular formula is C26H46O5Si2. The van der Waals surface area contributed by atoms with E-state index in [1.807, 2.05) is 0 Å². The van der Waals surface area contributed by atoms with Crippen molar-refractivity contribution >= 4 is 28.7 Å². The van der Waals surface area contributed by atoms with Crippen molar-refractivity contribution in [2.45, 2.75) is 104 Å². The van der Waals surface area contributed by atoms with Crippen molar-refractivity contribution in [1.82, 2.24) is 0 Å². The Labute approximate surface area is 203 Å². The number of phenols is 1. The van der Waals surface area contributed by atoms with Crippen LogP contribution < -0.4 is 4.43 Å². The van der Waals surface area contributed by atoms with Gasteiger partial charge >= 0.3 is 0 Å². The van der Waals surface area contributed by atoms with Crippen molar-refractivity contribution in [3.8, 4) is 11.5 Å². The number of carbonyl (C=O) groups excluding carboxylic acids is 2. The first kappa shape index (κ1) is 29.6. The fourth-order valence-electron chi connectivity index (χ4n) is 2.93. The summed E-state index contributed by atoms with van der Waals surface area (Å²) in [6.45, 7) is 25.8. The second-order valence-corrected chi connectivity index (χ2v) is 22.1. The standard InChI is InChI=1S/C26H46O5Si2/c1-18(2)15-19-16-20(22(28)13-14-30-32(9,10)25(3,4)5)23(29)21(17-27)24(19)31-33(11,12)26(6,7)8/h16-18,29H,13-15H2,1-12H3. The minimum atomic E-state index is -2.27. The van der Waals surface area contributed by atoms with E-state index in [-0.39, 0.29) is 39.2 Å². The maximum atomic E-state index is 13.1. The van der Waals surface area contributed by atoms with E-state index >= 15 is 0 Å². The van der Waals surface area contributed by atoms with Crippen molar-refractivity contribution in [1.29, 1.82) is 0 Å². The van der Waals surface area contributed by atoms with Crippen LogP contribution in [0.3, 0.4) is 0 Å².